The number of benzene rings is 1. The van der Waals surface area contributed by atoms with Gasteiger partial charge in [0.25, 0.3) is 0 Å². The maximum Gasteiger partial charge on any atom is 0.335 e. The second kappa shape index (κ2) is 4.79. The molecule has 4 nitrogen and oxygen atoms in total. The second-order valence-corrected chi connectivity index (χ2v) is 3.26. The summed E-state index contributed by atoms with van der Waals surface area (Å²) in [5, 5.41) is 11.3. The maximum absolute atomic E-state index is 10.8. The zero-order chi connectivity index (χ0) is 11.4. The van der Waals surface area contributed by atoms with E-state index < -0.39 is 5.97 Å². The zero-order valence-electron chi connectivity index (χ0n) is 8.08. The molecule has 0 aliphatic carbocycles. The fourth-order valence-corrected chi connectivity index (χ4v) is 1.37. The van der Waals surface area contributed by atoms with Crippen LogP contribution in [0, 0.1) is 0 Å². The van der Waals surface area contributed by atoms with Crippen molar-refractivity contribution in [1.29, 1.82) is 0 Å². The molecule has 1 rings (SSSR count). The van der Waals surface area contributed by atoms with Crippen LogP contribution in [0.25, 0.3) is 0 Å². The fourth-order valence-electron chi connectivity index (χ4n) is 1.15. The Hall–Kier alpha value is -1.55. The number of amides is 1. The molecule has 0 atom stereocenters. The number of anilines is 1. The number of carbonyl (C=O) groups excluding carboxylic acids is 1. The third kappa shape index (κ3) is 2.95. The highest BCUT2D eigenvalue weighted by atomic mass is 35.5. The van der Waals surface area contributed by atoms with Gasteiger partial charge in [0.05, 0.1) is 5.56 Å². The zero-order valence-corrected chi connectivity index (χ0v) is 8.84. The van der Waals surface area contributed by atoms with E-state index >= 15 is 0 Å². The van der Waals surface area contributed by atoms with Crippen molar-refractivity contribution in [1.82, 2.24) is 0 Å². The third-order valence-corrected chi connectivity index (χ3v) is 2.09. The monoisotopic (exact) mass is 227 g/mol. The molecule has 1 aromatic rings. The fraction of sp³-hybridized carbons (Fsp3) is 0.200. The van der Waals surface area contributed by atoms with Crippen molar-refractivity contribution < 1.29 is 14.7 Å². The van der Waals surface area contributed by atoms with Crippen LogP contribution in [-0.2, 0) is 10.7 Å². The van der Waals surface area contributed by atoms with Gasteiger partial charge in [0, 0.05) is 18.5 Å². The molecular weight excluding hydrogens is 218 g/mol. The minimum atomic E-state index is -1.02. The van der Waals surface area contributed by atoms with E-state index in [0.717, 1.165) is 0 Å². The standard InChI is InChI=1S/C10H10ClNO3/c1-6(13)12-9-3-2-7(10(14)15)4-8(9)5-11/h2-4H,5H2,1H3,(H,12,13)(H,14,15). The van der Waals surface area contributed by atoms with E-state index in [1.54, 1.807) is 0 Å². The molecule has 0 aliphatic heterocycles. The van der Waals surface area contributed by atoms with Crippen LogP contribution in [0.3, 0.4) is 0 Å². The van der Waals surface area contributed by atoms with Crippen molar-refractivity contribution in [3.05, 3.63) is 29.3 Å². The number of rotatable bonds is 3. The lowest BCUT2D eigenvalue weighted by Crippen LogP contribution is -2.08. The number of alkyl halides is 1. The largest absolute Gasteiger partial charge is 0.478 e. The highest BCUT2D eigenvalue weighted by Gasteiger charge is 2.08. The number of hydrogen-bond acceptors (Lipinski definition) is 2. The summed E-state index contributed by atoms with van der Waals surface area (Å²) in [6, 6.07) is 4.40. The molecule has 0 heterocycles. The summed E-state index contributed by atoms with van der Waals surface area (Å²) in [7, 11) is 0. The van der Waals surface area contributed by atoms with Gasteiger partial charge in [0.2, 0.25) is 5.91 Å². The summed E-state index contributed by atoms with van der Waals surface area (Å²) in [5.41, 5.74) is 1.29. The Balaban J connectivity index is 3.08. The molecule has 2 N–H and O–H groups in total. The van der Waals surface area contributed by atoms with Gasteiger partial charge in [0.1, 0.15) is 0 Å². The number of nitrogens with one attached hydrogen (secondary N) is 1. The Morgan fingerprint density at radius 3 is 2.60 bits per heavy atom. The van der Waals surface area contributed by atoms with Gasteiger partial charge in [-0.2, -0.15) is 0 Å². The van der Waals surface area contributed by atoms with Crippen LogP contribution in [0.15, 0.2) is 18.2 Å². The highest BCUT2D eigenvalue weighted by Crippen LogP contribution is 2.19. The van der Waals surface area contributed by atoms with Gasteiger partial charge >= 0.3 is 5.97 Å². The molecule has 0 aromatic heterocycles. The van der Waals surface area contributed by atoms with Crippen LogP contribution in [-0.4, -0.2) is 17.0 Å². The predicted molar refractivity (Wildman–Crippen MR) is 57.3 cm³/mol. The normalized spacial score (nSPS) is 9.73. The molecule has 0 aliphatic rings. The first-order valence-electron chi connectivity index (χ1n) is 4.24. The first-order chi connectivity index (χ1) is 7.04. The van der Waals surface area contributed by atoms with E-state index in [0.29, 0.717) is 11.3 Å². The molecule has 0 radical (unpaired) electrons. The van der Waals surface area contributed by atoms with E-state index in [4.69, 9.17) is 16.7 Å². The van der Waals surface area contributed by atoms with E-state index in [1.807, 2.05) is 0 Å². The smallest absolute Gasteiger partial charge is 0.335 e. The molecular formula is C10H10ClNO3. The van der Waals surface area contributed by atoms with Crippen molar-refractivity contribution in [2.75, 3.05) is 5.32 Å². The molecule has 0 saturated carbocycles. The third-order valence-electron chi connectivity index (χ3n) is 1.81. The van der Waals surface area contributed by atoms with Crippen molar-refractivity contribution in [2.45, 2.75) is 12.8 Å². The summed E-state index contributed by atoms with van der Waals surface area (Å²) in [6.07, 6.45) is 0. The summed E-state index contributed by atoms with van der Waals surface area (Å²) in [4.78, 5) is 21.5. The van der Waals surface area contributed by atoms with Gasteiger partial charge in [-0.1, -0.05) is 0 Å². The maximum atomic E-state index is 10.8. The molecule has 0 bridgehead atoms. The van der Waals surface area contributed by atoms with Gasteiger partial charge in [-0.15, -0.1) is 11.6 Å². The first kappa shape index (κ1) is 11.5. The summed E-state index contributed by atoms with van der Waals surface area (Å²) < 4.78 is 0. The molecule has 0 fully saturated rings. The van der Waals surface area contributed by atoms with Crippen LogP contribution < -0.4 is 5.32 Å². The SMILES string of the molecule is CC(=O)Nc1ccc(C(=O)O)cc1CCl. The summed E-state index contributed by atoms with van der Waals surface area (Å²) in [6.45, 7) is 1.38. The van der Waals surface area contributed by atoms with E-state index in [2.05, 4.69) is 5.32 Å². The Kier molecular flexibility index (Phi) is 3.68. The molecule has 0 saturated heterocycles. The van der Waals surface area contributed by atoms with Crippen LogP contribution in [0.5, 0.6) is 0 Å². The minimum Gasteiger partial charge on any atom is -0.478 e. The van der Waals surface area contributed by atoms with Gasteiger partial charge in [-0.05, 0) is 23.8 Å². The van der Waals surface area contributed by atoms with E-state index in [9.17, 15) is 9.59 Å². The Morgan fingerprint density at radius 2 is 2.13 bits per heavy atom. The number of aromatic carboxylic acids is 1. The topological polar surface area (TPSA) is 66.4 Å². The van der Waals surface area contributed by atoms with Gasteiger partial charge < -0.3 is 10.4 Å². The van der Waals surface area contributed by atoms with Crippen molar-refractivity contribution in [3.63, 3.8) is 0 Å². The molecule has 0 spiro atoms. The molecule has 0 unspecified atom stereocenters. The Labute approximate surface area is 91.9 Å². The number of carbonyl (C=O) groups is 2. The molecule has 1 aromatic carbocycles. The average Bonchev–Trinajstić information content (AvgIpc) is 2.17. The van der Waals surface area contributed by atoms with E-state index in [-0.39, 0.29) is 17.4 Å². The van der Waals surface area contributed by atoms with Crippen LogP contribution in [0.2, 0.25) is 0 Å². The lowest BCUT2D eigenvalue weighted by molar-refractivity contribution is -0.114. The molecule has 15 heavy (non-hydrogen) atoms. The van der Waals surface area contributed by atoms with Crippen molar-refractivity contribution >= 4 is 29.2 Å². The Bertz CT molecular complexity index is 404. The summed E-state index contributed by atoms with van der Waals surface area (Å²) in [5.74, 6) is -1.09. The Morgan fingerprint density at radius 1 is 1.47 bits per heavy atom. The molecule has 80 valence electrons. The van der Waals surface area contributed by atoms with Crippen LogP contribution in [0.1, 0.15) is 22.8 Å². The van der Waals surface area contributed by atoms with Crippen LogP contribution >= 0.6 is 11.6 Å². The van der Waals surface area contributed by atoms with Crippen LogP contribution in [0.4, 0.5) is 5.69 Å². The predicted octanol–water partition coefficient (Wildman–Crippen LogP) is 2.08. The quantitative estimate of drug-likeness (QED) is 0.777. The number of carboxylic acid groups (broad SMARTS) is 1. The van der Waals surface area contributed by atoms with Crippen molar-refractivity contribution in [2.24, 2.45) is 0 Å². The highest BCUT2D eigenvalue weighted by molar-refractivity contribution is 6.17. The number of carboxylic acids is 1. The second-order valence-electron chi connectivity index (χ2n) is 2.99. The van der Waals surface area contributed by atoms with E-state index in [1.165, 1.54) is 25.1 Å². The first-order valence-corrected chi connectivity index (χ1v) is 4.78. The number of halogens is 1. The average molecular weight is 228 g/mol. The lowest BCUT2D eigenvalue weighted by atomic mass is 10.1. The molecule has 1 amide bonds. The lowest BCUT2D eigenvalue weighted by Gasteiger charge is -2.08. The van der Waals surface area contributed by atoms with Gasteiger partial charge in [-0.3, -0.25) is 4.79 Å². The van der Waals surface area contributed by atoms with Crippen molar-refractivity contribution in [3.8, 4) is 0 Å². The minimum absolute atomic E-state index is 0.150. The summed E-state index contributed by atoms with van der Waals surface area (Å²) >= 11 is 5.65. The van der Waals surface area contributed by atoms with Gasteiger partial charge in [0.15, 0.2) is 0 Å². The molecule has 5 heteroatoms. The van der Waals surface area contributed by atoms with Gasteiger partial charge in [-0.25, -0.2) is 4.79 Å². The number of hydrogen-bond donors (Lipinski definition) is 2.